The molecule has 0 saturated carbocycles. The first kappa shape index (κ1) is 12.1. The fraction of sp³-hybridized carbons (Fsp3) is 0.250. The molecular weight excluding hydrogens is 381 g/mol. The van der Waals surface area contributed by atoms with Crippen LogP contribution in [-0.2, 0) is 0 Å². The molecule has 0 radical (unpaired) electrons. The Balaban J connectivity index is 2.10. The molecule has 84 valence electrons. The molecule has 1 aliphatic carbocycles. The lowest BCUT2D eigenvalue weighted by molar-refractivity contribution is 0.0938. The predicted octanol–water partition coefficient (Wildman–Crippen LogP) is 3.50. The maximum atomic E-state index is 12.0. The predicted molar refractivity (Wildman–Crippen MR) is 76.5 cm³/mol. The van der Waals surface area contributed by atoms with Crippen molar-refractivity contribution >= 4 is 44.4 Å². The van der Waals surface area contributed by atoms with Gasteiger partial charge in [0.25, 0.3) is 5.91 Å². The van der Waals surface area contributed by atoms with Crippen LogP contribution in [0.3, 0.4) is 0 Å². The minimum atomic E-state index is -0.000842. The van der Waals surface area contributed by atoms with Crippen LogP contribution in [0, 0.1) is 3.57 Å². The van der Waals surface area contributed by atoms with Crippen LogP contribution in [-0.4, -0.2) is 11.9 Å². The number of nitrogens with one attached hydrogen (secondary N) is 1. The van der Waals surface area contributed by atoms with Crippen LogP contribution in [0.1, 0.15) is 23.2 Å². The number of amides is 1. The Labute approximate surface area is 117 Å². The summed E-state index contributed by atoms with van der Waals surface area (Å²) in [7, 11) is 0. The standard InChI is InChI=1S/C12H11BrINO/c13-11-6-5-8(14)7-10(11)12(16)15-9-3-1-2-4-9/h1-2,5-7,9H,3-4H2,(H,15,16). The van der Waals surface area contributed by atoms with Gasteiger partial charge in [0, 0.05) is 14.1 Å². The monoisotopic (exact) mass is 391 g/mol. The molecule has 0 saturated heterocycles. The van der Waals surface area contributed by atoms with Gasteiger partial charge < -0.3 is 5.32 Å². The Morgan fingerprint density at radius 1 is 1.38 bits per heavy atom. The number of hydrogen-bond donors (Lipinski definition) is 1. The van der Waals surface area contributed by atoms with E-state index in [4.69, 9.17) is 0 Å². The molecule has 0 bridgehead atoms. The lowest BCUT2D eigenvalue weighted by Gasteiger charge is -2.13. The van der Waals surface area contributed by atoms with Crippen molar-refractivity contribution in [3.8, 4) is 0 Å². The zero-order valence-electron chi connectivity index (χ0n) is 8.54. The first-order chi connectivity index (χ1) is 7.66. The molecule has 1 aromatic rings. The largest absolute Gasteiger partial charge is 0.349 e. The van der Waals surface area contributed by atoms with Gasteiger partial charge in [0.05, 0.1) is 5.56 Å². The fourth-order valence-corrected chi connectivity index (χ4v) is 2.59. The first-order valence-corrected chi connectivity index (χ1v) is 6.95. The van der Waals surface area contributed by atoms with Crippen LogP contribution in [0.5, 0.6) is 0 Å². The number of carbonyl (C=O) groups excluding carboxylic acids is 1. The summed E-state index contributed by atoms with van der Waals surface area (Å²) in [5.41, 5.74) is 0.707. The van der Waals surface area contributed by atoms with Gasteiger partial charge in [0.15, 0.2) is 0 Å². The Morgan fingerprint density at radius 3 is 2.75 bits per heavy atom. The van der Waals surface area contributed by atoms with Crippen LogP contribution in [0.4, 0.5) is 0 Å². The number of carbonyl (C=O) groups is 1. The zero-order valence-corrected chi connectivity index (χ0v) is 12.3. The van der Waals surface area contributed by atoms with Gasteiger partial charge in [-0.2, -0.15) is 0 Å². The van der Waals surface area contributed by atoms with Crippen molar-refractivity contribution in [3.05, 3.63) is 44.0 Å². The Hall–Kier alpha value is -0.360. The molecule has 0 heterocycles. The molecule has 0 aliphatic heterocycles. The molecule has 0 aromatic heterocycles. The van der Waals surface area contributed by atoms with Gasteiger partial charge in [0.2, 0.25) is 0 Å². The molecule has 1 N–H and O–H groups in total. The van der Waals surface area contributed by atoms with Gasteiger partial charge in [-0.25, -0.2) is 0 Å². The van der Waals surface area contributed by atoms with Crippen LogP contribution >= 0.6 is 38.5 Å². The summed E-state index contributed by atoms with van der Waals surface area (Å²) >= 11 is 5.61. The highest BCUT2D eigenvalue weighted by molar-refractivity contribution is 14.1. The summed E-state index contributed by atoms with van der Waals surface area (Å²) in [6.45, 7) is 0. The molecule has 1 amide bonds. The molecular formula is C12H11BrINO. The SMILES string of the molecule is O=C(NC1CC=CC1)c1cc(I)ccc1Br. The van der Waals surface area contributed by atoms with E-state index in [1.165, 1.54) is 0 Å². The van der Waals surface area contributed by atoms with Crippen LogP contribution in [0.25, 0.3) is 0 Å². The average molecular weight is 392 g/mol. The third-order valence-corrected chi connectivity index (χ3v) is 3.88. The maximum Gasteiger partial charge on any atom is 0.252 e. The molecule has 2 rings (SSSR count). The van der Waals surface area contributed by atoms with E-state index in [0.717, 1.165) is 20.9 Å². The summed E-state index contributed by atoms with van der Waals surface area (Å²) in [4.78, 5) is 12.0. The van der Waals surface area contributed by atoms with Gasteiger partial charge in [-0.15, -0.1) is 0 Å². The fourth-order valence-electron chi connectivity index (χ4n) is 1.67. The lowest BCUT2D eigenvalue weighted by atomic mass is 10.2. The highest BCUT2D eigenvalue weighted by Crippen LogP contribution is 2.20. The quantitative estimate of drug-likeness (QED) is 0.606. The summed E-state index contributed by atoms with van der Waals surface area (Å²) in [6.07, 6.45) is 6.09. The molecule has 1 aromatic carbocycles. The van der Waals surface area contributed by atoms with Crippen molar-refractivity contribution in [1.29, 1.82) is 0 Å². The zero-order chi connectivity index (χ0) is 11.5. The number of halogens is 2. The summed E-state index contributed by atoms with van der Waals surface area (Å²) < 4.78 is 1.91. The van der Waals surface area contributed by atoms with Crippen molar-refractivity contribution in [2.24, 2.45) is 0 Å². The van der Waals surface area contributed by atoms with Crippen molar-refractivity contribution in [2.45, 2.75) is 18.9 Å². The van der Waals surface area contributed by atoms with Gasteiger partial charge in [0.1, 0.15) is 0 Å². The van der Waals surface area contributed by atoms with E-state index >= 15 is 0 Å². The van der Waals surface area contributed by atoms with Gasteiger partial charge in [-0.1, -0.05) is 12.2 Å². The Morgan fingerprint density at radius 2 is 2.06 bits per heavy atom. The van der Waals surface area contributed by atoms with Gasteiger partial charge in [-0.05, 0) is 69.6 Å². The van der Waals surface area contributed by atoms with Crippen molar-refractivity contribution in [1.82, 2.24) is 5.32 Å². The minimum Gasteiger partial charge on any atom is -0.349 e. The second-order valence-electron chi connectivity index (χ2n) is 3.74. The molecule has 2 nitrogen and oxygen atoms in total. The van der Waals surface area contributed by atoms with E-state index < -0.39 is 0 Å². The lowest BCUT2D eigenvalue weighted by Crippen LogP contribution is -2.33. The molecule has 0 unspecified atom stereocenters. The van der Waals surface area contributed by atoms with Crippen LogP contribution < -0.4 is 5.32 Å². The van der Waals surface area contributed by atoms with Gasteiger partial charge >= 0.3 is 0 Å². The second-order valence-corrected chi connectivity index (χ2v) is 5.84. The topological polar surface area (TPSA) is 29.1 Å². The third-order valence-electron chi connectivity index (χ3n) is 2.52. The third kappa shape index (κ3) is 2.85. The number of hydrogen-bond acceptors (Lipinski definition) is 1. The number of benzene rings is 1. The summed E-state index contributed by atoms with van der Waals surface area (Å²) in [5.74, 6) is -0.000842. The van der Waals surface area contributed by atoms with E-state index in [-0.39, 0.29) is 11.9 Å². The van der Waals surface area contributed by atoms with E-state index in [9.17, 15) is 4.79 Å². The van der Waals surface area contributed by atoms with E-state index in [0.29, 0.717) is 5.56 Å². The smallest absolute Gasteiger partial charge is 0.252 e. The van der Waals surface area contributed by atoms with Crippen molar-refractivity contribution < 1.29 is 4.79 Å². The first-order valence-electron chi connectivity index (χ1n) is 5.08. The molecule has 16 heavy (non-hydrogen) atoms. The van der Waals surface area contributed by atoms with E-state index in [1.807, 2.05) is 18.2 Å². The molecule has 0 spiro atoms. The molecule has 0 atom stereocenters. The minimum absolute atomic E-state index is 0.000842. The van der Waals surface area contributed by atoms with Crippen LogP contribution in [0.2, 0.25) is 0 Å². The van der Waals surface area contributed by atoms with Crippen LogP contribution in [0.15, 0.2) is 34.8 Å². The average Bonchev–Trinajstić information content (AvgIpc) is 2.74. The number of rotatable bonds is 2. The Bertz CT molecular complexity index is 437. The second kappa shape index (κ2) is 5.31. The molecule has 0 fully saturated rings. The normalized spacial score (nSPS) is 15.4. The molecule has 4 heteroatoms. The van der Waals surface area contributed by atoms with E-state index in [2.05, 4.69) is 56.0 Å². The maximum absolute atomic E-state index is 12.0. The Kier molecular flexibility index (Phi) is 4.02. The highest BCUT2D eigenvalue weighted by Gasteiger charge is 2.16. The summed E-state index contributed by atoms with van der Waals surface area (Å²) in [6, 6.07) is 6.03. The van der Waals surface area contributed by atoms with Crippen molar-refractivity contribution in [2.75, 3.05) is 0 Å². The highest BCUT2D eigenvalue weighted by atomic mass is 127. The molecule has 1 aliphatic rings. The van der Waals surface area contributed by atoms with Crippen molar-refractivity contribution in [3.63, 3.8) is 0 Å². The van der Waals surface area contributed by atoms with E-state index in [1.54, 1.807) is 0 Å². The summed E-state index contributed by atoms with van der Waals surface area (Å²) in [5, 5.41) is 3.03. The van der Waals surface area contributed by atoms with Gasteiger partial charge in [-0.3, -0.25) is 4.79 Å².